The third kappa shape index (κ3) is 23.9. The van der Waals surface area contributed by atoms with E-state index in [0.29, 0.717) is 24.5 Å². The van der Waals surface area contributed by atoms with Crippen LogP contribution in [0.25, 0.3) is 0 Å². The average molecular weight is 905 g/mol. The van der Waals surface area contributed by atoms with E-state index >= 15 is 0 Å². The van der Waals surface area contributed by atoms with Crippen LogP contribution in [0.4, 0.5) is 0 Å². The molecule has 5 nitrogen and oxygen atoms in total. The molecular weight excluding hydrogens is 841 g/mol. The van der Waals surface area contributed by atoms with Crippen LogP contribution in [-0.2, 0) is 14.3 Å². The summed E-state index contributed by atoms with van der Waals surface area (Å²) in [5.41, 5.74) is 1.60. The van der Waals surface area contributed by atoms with E-state index in [4.69, 9.17) is 14.2 Å². The van der Waals surface area contributed by atoms with Crippen LogP contribution in [0, 0.1) is 140 Å². The van der Waals surface area contributed by atoms with Crippen molar-refractivity contribution in [1.82, 2.24) is 0 Å². The molecule has 0 N–H and O–H groups in total. The van der Waals surface area contributed by atoms with E-state index in [1.54, 1.807) is 12.1 Å². The summed E-state index contributed by atoms with van der Waals surface area (Å²) in [6.07, 6.45) is 20.1. The van der Waals surface area contributed by atoms with Gasteiger partial charge in [-0.15, -0.1) is 0 Å². The van der Waals surface area contributed by atoms with Crippen LogP contribution >= 0.6 is 0 Å². The van der Waals surface area contributed by atoms with Crippen LogP contribution in [0.2, 0.25) is 0 Å². The Hall–Kier alpha value is -0.0668. The zero-order chi connectivity index (χ0) is 27.5. The minimum absolute atomic E-state index is 0. The molecule has 7 heteroatoms. The van der Waals surface area contributed by atoms with Crippen LogP contribution in [-0.4, -0.2) is 25.2 Å². The molecule has 2 aromatic carbocycles. The smallest absolute Gasteiger partial charge is 0.490 e. The van der Waals surface area contributed by atoms with Gasteiger partial charge in [0, 0.05) is 12.3 Å². The van der Waals surface area contributed by atoms with Gasteiger partial charge in [0.15, 0.2) is 0 Å². The van der Waals surface area contributed by atoms with Gasteiger partial charge < -0.3 is 77.0 Å². The number of esters is 2. The minimum atomic E-state index is -0.469. The summed E-state index contributed by atoms with van der Waals surface area (Å²) in [7, 11) is 0. The topological polar surface area (TPSA) is 61.8 Å². The summed E-state index contributed by atoms with van der Waals surface area (Å²) >= 11 is 0. The Morgan fingerprint density at radius 1 is 0.723 bits per heavy atom. The maximum absolute atomic E-state index is 12.3. The number of unbranched alkanes of at least 4 members (excludes halogenated alkanes) is 14. The predicted octanol–water partition coefficient (Wildman–Crippen LogP) is 11.2. The molecular formula is C40H64Ce2O5. The second kappa shape index (κ2) is 37.2. The van der Waals surface area contributed by atoms with Gasteiger partial charge in [-0.2, -0.15) is 0 Å². The van der Waals surface area contributed by atoms with Crippen molar-refractivity contribution in [3.8, 4) is 11.5 Å². The van der Waals surface area contributed by atoms with Crippen LogP contribution < -0.4 is 9.47 Å². The van der Waals surface area contributed by atoms with E-state index < -0.39 is 5.92 Å². The van der Waals surface area contributed by atoms with Crippen molar-refractivity contribution in [2.24, 2.45) is 0 Å². The summed E-state index contributed by atoms with van der Waals surface area (Å²) < 4.78 is 16.3. The molecule has 1 aliphatic heterocycles. The van der Waals surface area contributed by atoms with Gasteiger partial charge in [-0.3, -0.25) is 15.7 Å². The Morgan fingerprint density at radius 2 is 1.21 bits per heavy atom. The summed E-state index contributed by atoms with van der Waals surface area (Å²) in [6.45, 7) is 2.79. The summed E-state index contributed by atoms with van der Waals surface area (Å²) in [5, 5.41) is 0. The first kappa shape index (κ1) is 59.1. The molecule has 0 aromatic heterocycles. The summed E-state index contributed by atoms with van der Waals surface area (Å²) in [4.78, 5) is 24.3. The van der Waals surface area contributed by atoms with E-state index in [1.165, 1.54) is 83.5 Å². The Kier molecular flexibility index (Phi) is 46.8. The molecule has 1 atom stereocenters. The second-order valence-corrected chi connectivity index (χ2v) is 10.6. The third-order valence-corrected chi connectivity index (χ3v) is 7.35. The second-order valence-electron chi connectivity index (χ2n) is 10.6. The SMILES string of the molecule is CCCCCCCCCCCCCCCCCC(=O)OCCOc1ccc(C2C(=O)Oc3[c-]c[c-]cc32)cc1.[CH3-].[CH3-].[CH3-].[CH3-].[CH3-].[CH3-].[Ce+4].[Ce+4]. The van der Waals surface area contributed by atoms with Gasteiger partial charge in [-0.1, -0.05) is 120 Å². The van der Waals surface area contributed by atoms with Gasteiger partial charge in [0.05, 0.1) is 0 Å². The van der Waals surface area contributed by atoms with E-state index in [-0.39, 0.29) is 147 Å². The maximum atomic E-state index is 12.3. The number of hydrogen-bond donors (Lipinski definition) is 0. The molecule has 1 heterocycles. The molecule has 47 heavy (non-hydrogen) atoms. The molecule has 0 aliphatic carbocycles. The quantitative estimate of drug-likeness (QED) is 0.0541. The fourth-order valence-corrected chi connectivity index (χ4v) is 5.08. The van der Waals surface area contributed by atoms with Gasteiger partial charge in [0.1, 0.15) is 19.0 Å². The number of hydrogen-bond acceptors (Lipinski definition) is 5. The molecule has 0 amide bonds. The molecule has 3 rings (SSSR count). The first-order chi connectivity index (χ1) is 19.2. The standard InChI is InChI=1S/C34H46O5.6CH3.2Ce/c1-2-3-4-5-6-7-8-9-10-11-12-13-14-15-16-21-32(35)38-27-26-37-29-24-22-28(23-25-29)33-30-19-17-18-20-31(30)39-34(33)36;;;;;;;;/h18-19,22-25,33H,2-16,21,26-27H2,1H3;6*1H3;;/q-2;6*-1;2*+4. The Labute approximate surface area is 359 Å². The van der Waals surface area contributed by atoms with Crippen molar-refractivity contribution in [2.45, 2.75) is 116 Å². The van der Waals surface area contributed by atoms with Crippen LogP contribution in [0.3, 0.4) is 0 Å². The molecule has 2 aromatic rings. The van der Waals surface area contributed by atoms with E-state index in [2.05, 4.69) is 19.1 Å². The summed E-state index contributed by atoms with van der Waals surface area (Å²) in [6, 6.07) is 16.6. The van der Waals surface area contributed by atoms with Gasteiger partial charge in [-0.05, 0) is 18.6 Å². The Morgan fingerprint density at radius 3 is 1.72 bits per heavy atom. The van der Waals surface area contributed by atoms with Crippen molar-refractivity contribution >= 4 is 11.9 Å². The molecule has 0 spiro atoms. The first-order valence-corrected chi connectivity index (χ1v) is 15.2. The Bertz CT molecular complexity index is 981. The number of rotatable bonds is 21. The van der Waals surface area contributed by atoms with Gasteiger partial charge >= 0.3 is 89.5 Å². The average Bonchev–Trinajstić information content (AvgIpc) is 3.29. The molecule has 0 bridgehead atoms. The van der Waals surface area contributed by atoms with Crippen molar-refractivity contribution < 1.29 is 107 Å². The predicted molar refractivity (Wildman–Crippen MR) is 193 cm³/mol. The van der Waals surface area contributed by atoms with Crippen molar-refractivity contribution in [3.63, 3.8) is 0 Å². The summed E-state index contributed by atoms with van der Waals surface area (Å²) in [5.74, 6) is 0.194. The van der Waals surface area contributed by atoms with Crippen LogP contribution in [0.5, 0.6) is 11.5 Å². The first-order valence-electron chi connectivity index (χ1n) is 15.2. The number of ether oxygens (including phenoxy) is 3. The third-order valence-electron chi connectivity index (χ3n) is 7.35. The minimum Gasteiger partial charge on any atom is -0.490 e. The maximum Gasteiger partial charge on any atom is 4.00 e. The van der Waals surface area contributed by atoms with Gasteiger partial charge in [0.2, 0.25) is 0 Å². The van der Waals surface area contributed by atoms with Crippen molar-refractivity contribution in [1.29, 1.82) is 0 Å². The fraction of sp³-hybridized carbons (Fsp3) is 0.500. The molecule has 0 radical (unpaired) electrons. The van der Waals surface area contributed by atoms with Crippen LogP contribution in [0.15, 0.2) is 36.4 Å². The van der Waals surface area contributed by atoms with Gasteiger partial charge in [0.25, 0.3) is 5.97 Å². The molecule has 1 unspecified atom stereocenters. The number of fused-ring (bicyclic) bond motifs is 1. The molecule has 0 fully saturated rings. The molecule has 0 saturated heterocycles. The van der Waals surface area contributed by atoms with Crippen molar-refractivity contribution in [3.05, 3.63) is 104 Å². The van der Waals surface area contributed by atoms with Crippen LogP contribution in [0.1, 0.15) is 127 Å². The van der Waals surface area contributed by atoms with E-state index in [1.807, 2.05) is 24.3 Å². The number of benzene rings is 2. The number of carbonyl (C=O) groups excluding carboxylic acids is 2. The fourth-order valence-electron chi connectivity index (χ4n) is 5.08. The molecule has 1 aliphatic rings. The monoisotopic (exact) mass is 904 g/mol. The molecule has 0 saturated carbocycles. The number of carbonyl (C=O) groups is 2. The van der Waals surface area contributed by atoms with E-state index in [9.17, 15) is 9.59 Å². The van der Waals surface area contributed by atoms with Gasteiger partial charge in [-0.25, -0.2) is 5.56 Å². The zero-order valence-electron chi connectivity index (χ0n) is 30.8. The molecule has 262 valence electrons. The normalized spacial score (nSPS) is 11.8. The van der Waals surface area contributed by atoms with Crippen molar-refractivity contribution in [2.75, 3.05) is 13.2 Å². The largest absolute Gasteiger partial charge is 4.00 e. The van der Waals surface area contributed by atoms with E-state index in [0.717, 1.165) is 24.0 Å². The Balaban J connectivity index is -0.000000525. The zero-order valence-corrected chi connectivity index (χ0v) is 37.1.